The second-order valence-corrected chi connectivity index (χ2v) is 3.15. The highest BCUT2D eigenvalue weighted by atomic mass is 31.2. The summed E-state index contributed by atoms with van der Waals surface area (Å²) in [6, 6.07) is 0. The lowest BCUT2D eigenvalue weighted by atomic mass is 10.3. The molecule has 0 rings (SSSR count). The minimum Gasteiger partial charge on any atom is -0.383 e. The first-order chi connectivity index (χ1) is 4.83. The Morgan fingerprint density at radius 2 is 2.09 bits per heavy atom. The van der Waals surface area contributed by atoms with Crippen LogP contribution in [0.3, 0.4) is 0 Å². The number of phosphoric ester groups is 1. The molecule has 0 aromatic carbocycles. The predicted octanol–water partition coefficient (Wildman–Crippen LogP) is -0.954. The molecule has 6 nitrogen and oxygen atoms in total. The van der Waals surface area contributed by atoms with Crippen LogP contribution in [-0.4, -0.2) is 33.4 Å². The van der Waals surface area contributed by atoms with E-state index in [0.717, 1.165) is 6.92 Å². The molecule has 0 saturated carbocycles. The second kappa shape index (κ2) is 3.94. The molecule has 11 heavy (non-hydrogen) atoms. The normalized spacial score (nSPS) is 14.5. The van der Waals surface area contributed by atoms with Gasteiger partial charge in [0.15, 0.2) is 5.78 Å². The lowest BCUT2D eigenvalue weighted by Crippen LogP contribution is -2.22. The van der Waals surface area contributed by atoms with Gasteiger partial charge in [0.05, 0.1) is 6.61 Å². The van der Waals surface area contributed by atoms with Gasteiger partial charge in [0.1, 0.15) is 6.10 Å². The zero-order valence-electron chi connectivity index (χ0n) is 5.80. The zero-order valence-corrected chi connectivity index (χ0v) is 6.69. The Morgan fingerprint density at radius 1 is 1.64 bits per heavy atom. The smallest absolute Gasteiger partial charge is 0.383 e. The molecule has 0 aliphatic rings. The van der Waals surface area contributed by atoms with Crippen LogP contribution in [0.5, 0.6) is 0 Å². The number of hydrogen-bond donors (Lipinski definition) is 3. The molecule has 7 heteroatoms. The van der Waals surface area contributed by atoms with Gasteiger partial charge in [-0.3, -0.25) is 9.32 Å². The third-order valence-corrected chi connectivity index (χ3v) is 1.36. The van der Waals surface area contributed by atoms with E-state index < -0.39 is 26.3 Å². The van der Waals surface area contributed by atoms with Crippen LogP contribution >= 0.6 is 7.82 Å². The van der Waals surface area contributed by atoms with Crippen LogP contribution in [-0.2, 0) is 13.9 Å². The topological polar surface area (TPSA) is 104 Å². The summed E-state index contributed by atoms with van der Waals surface area (Å²) in [5.41, 5.74) is 0. The van der Waals surface area contributed by atoms with Crippen molar-refractivity contribution in [3.8, 4) is 0 Å². The van der Waals surface area contributed by atoms with E-state index in [9.17, 15) is 9.36 Å². The number of phosphoric acid groups is 1. The predicted molar refractivity (Wildman–Crippen MR) is 34.7 cm³/mol. The maximum Gasteiger partial charge on any atom is 0.469 e. The fraction of sp³-hybridized carbons (Fsp3) is 0.750. The fourth-order valence-corrected chi connectivity index (χ4v) is 0.620. The van der Waals surface area contributed by atoms with Crippen LogP contribution in [0.4, 0.5) is 0 Å². The summed E-state index contributed by atoms with van der Waals surface area (Å²) < 4.78 is 13.9. The SMILES string of the molecule is CC(=O)C(O)COP(=O)(O)O. The van der Waals surface area contributed by atoms with Crippen LogP contribution in [0.25, 0.3) is 0 Å². The summed E-state index contributed by atoms with van der Waals surface area (Å²) in [7, 11) is -4.57. The third-order valence-electron chi connectivity index (χ3n) is 0.870. The standard InChI is InChI=1S/C4H9O6P/c1-3(5)4(6)2-10-11(7,8)9/h4,6H,2H2,1H3,(H2,7,8,9). The van der Waals surface area contributed by atoms with Crippen molar-refractivity contribution in [1.29, 1.82) is 0 Å². The van der Waals surface area contributed by atoms with Crippen molar-refractivity contribution in [2.45, 2.75) is 13.0 Å². The molecule has 0 aromatic heterocycles. The number of aliphatic hydroxyl groups is 1. The Kier molecular flexibility index (Phi) is 3.85. The van der Waals surface area contributed by atoms with Crippen molar-refractivity contribution in [1.82, 2.24) is 0 Å². The molecule has 0 aliphatic carbocycles. The molecule has 0 amide bonds. The van der Waals surface area contributed by atoms with Crippen molar-refractivity contribution in [3.63, 3.8) is 0 Å². The van der Waals surface area contributed by atoms with Gasteiger partial charge in [-0.2, -0.15) is 0 Å². The Hall–Kier alpha value is -0.260. The van der Waals surface area contributed by atoms with E-state index in [1.165, 1.54) is 0 Å². The second-order valence-electron chi connectivity index (χ2n) is 1.91. The Labute approximate surface area is 63.0 Å². The summed E-state index contributed by atoms with van der Waals surface area (Å²) in [4.78, 5) is 26.5. The molecule has 1 unspecified atom stereocenters. The minimum absolute atomic E-state index is 0.599. The van der Waals surface area contributed by atoms with Crippen LogP contribution in [0.2, 0.25) is 0 Å². The van der Waals surface area contributed by atoms with Gasteiger partial charge >= 0.3 is 7.82 Å². The molecule has 0 bridgehead atoms. The van der Waals surface area contributed by atoms with Crippen molar-refractivity contribution >= 4 is 13.6 Å². The molecule has 3 N–H and O–H groups in total. The van der Waals surface area contributed by atoms with Crippen LogP contribution in [0.15, 0.2) is 0 Å². The van der Waals surface area contributed by atoms with Gasteiger partial charge in [0.2, 0.25) is 0 Å². The zero-order chi connectivity index (χ0) is 9.07. The molecule has 0 aliphatic heterocycles. The maximum atomic E-state index is 10.3. The Morgan fingerprint density at radius 3 is 2.36 bits per heavy atom. The van der Waals surface area contributed by atoms with Gasteiger partial charge in [-0.1, -0.05) is 0 Å². The first-order valence-corrected chi connectivity index (χ1v) is 4.24. The average molecular weight is 184 g/mol. The highest BCUT2D eigenvalue weighted by molar-refractivity contribution is 7.46. The lowest BCUT2D eigenvalue weighted by molar-refractivity contribution is -0.126. The van der Waals surface area contributed by atoms with E-state index >= 15 is 0 Å². The number of hydrogen-bond acceptors (Lipinski definition) is 4. The van der Waals surface area contributed by atoms with Crippen LogP contribution in [0, 0.1) is 0 Å². The molecule has 1 atom stereocenters. The van der Waals surface area contributed by atoms with E-state index in [1.807, 2.05) is 0 Å². The first-order valence-electron chi connectivity index (χ1n) is 2.71. The number of Topliss-reactive ketones (excluding diaryl/α,β-unsaturated/α-hetero) is 1. The number of ketones is 1. The highest BCUT2D eigenvalue weighted by Gasteiger charge is 2.18. The van der Waals surface area contributed by atoms with Crippen molar-refractivity contribution in [2.24, 2.45) is 0 Å². The number of carbonyl (C=O) groups excluding carboxylic acids is 1. The molecule has 66 valence electrons. The fourth-order valence-electron chi connectivity index (χ4n) is 0.285. The molecule has 0 spiro atoms. The molecule has 0 heterocycles. The number of aliphatic hydroxyl groups excluding tert-OH is 1. The molecule has 0 fully saturated rings. The van der Waals surface area contributed by atoms with Gasteiger partial charge in [-0.15, -0.1) is 0 Å². The average Bonchev–Trinajstić information content (AvgIpc) is 1.80. The summed E-state index contributed by atoms with van der Waals surface area (Å²) in [5.74, 6) is -0.599. The Balaban J connectivity index is 3.72. The van der Waals surface area contributed by atoms with E-state index in [2.05, 4.69) is 4.52 Å². The van der Waals surface area contributed by atoms with Crippen molar-refractivity contribution in [3.05, 3.63) is 0 Å². The molecule has 0 aromatic rings. The molecule has 0 radical (unpaired) electrons. The van der Waals surface area contributed by atoms with Gasteiger partial charge in [0.25, 0.3) is 0 Å². The van der Waals surface area contributed by atoms with Crippen LogP contribution in [0.1, 0.15) is 6.92 Å². The third kappa shape index (κ3) is 6.15. The molecule has 0 saturated heterocycles. The maximum absolute atomic E-state index is 10.3. The van der Waals surface area contributed by atoms with Gasteiger partial charge in [-0.25, -0.2) is 4.57 Å². The number of carbonyl (C=O) groups is 1. The van der Waals surface area contributed by atoms with Gasteiger partial charge in [0, 0.05) is 0 Å². The summed E-state index contributed by atoms with van der Waals surface area (Å²) >= 11 is 0. The van der Waals surface area contributed by atoms with E-state index in [1.54, 1.807) is 0 Å². The monoisotopic (exact) mass is 184 g/mol. The number of rotatable bonds is 4. The summed E-state index contributed by atoms with van der Waals surface area (Å²) in [6.07, 6.45) is -1.47. The van der Waals surface area contributed by atoms with Crippen molar-refractivity contribution in [2.75, 3.05) is 6.61 Å². The quantitative estimate of drug-likeness (QED) is 0.486. The Bertz CT molecular complexity index is 183. The summed E-state index contributed by atoms with van der Waals surface area (Å²) in [5, 5.41) is 8.67. The van der Waals surface area contributed by atoms with E-state index in [0.29, 0.717) is 0 Å². The highest BCUT2D eigenvalue weighted by Crippen LogP contribution is 2.35. The largest absolute Gasteiger partial charge is 0.469 e. The minimum atomic E-state index is -4.57. The van der Waals surface area contributed by atoms with Gasteiger partial charge < -0.3 is 14.9 Å². The summed E-state index contributed by atoms with van der Waals surface area (Å²) in [6.45, 7) is 0.410. The van der Waals surface area contributed by atoms with Crippen molar-refractivity contribution < 1.29 is 28.8 Å². The van der Waals surface area contributed by atoms with Gasteiger partial charge in [-0.05, 0) is 6.92 Å². The first kappa shape index (κ1) is 10.7. The lowest BCUT2D eigenvalue weighted by Gasteiger charge is -2.07. The molecular formula is C4H9O6P. The van der Waals surface area contributed by atoms with E-state index in [4.69, 9.17) is 14.9 Å². The van der Waals surface area contributed by atoms with E-state index in [-0.39, 0.29) is 0 Å². The molecular weight excluding hydrogens is 175 g/mol. The van der Waals surface area contributed by atoms with Crippen LogP contribution < -0.4 is 0 Å².